The van der Waals surface area contributed by atoms with Crippen molar-refractivity contribution < 1.29 is 23.9 Å². The maximum absolute atomic E-state index is 13.5. The summed E-state index contributed by atoms with van der Waals surface area (Å²) < 4.78 is 10.5. The van der Waals surface area contributed by atoms with E-state index in [2.05, 4.69) is 19.2 Å². The van der Waals surface area contributed by atoms with Crippen molar-refractivity contribution in [2.75, 3.05) is 13.7 Å². The lowest BCUT2D eigenvalue weighted by Crippen LogP contribution is -2.57. The standard InChI is InChI=1S/C24H42N2O5/c1-7-9-10-12-17-14-19(17)31-23(29)25-20(24(3,4)5)21(27)26-15-16(11-8-2)13-18(26)22(28)30-6/h16-20H,7-15H2,1-6H3,(H,25,29). The van der Waals surface area contributed by atoms with Crippen LogP contribution >= 0.6 is 0 Å². The number of hydrogen-bond acceptors (Lipinski definition) is 5. The van der Waals surface area contributed by atoms with Gasteiger partial charge in [-0.05, 0) is 42.9 Å². The van der Waals surface area contributed by atoms with Crippen LogP contribution in [0.5, 0.6) is 0 Å². The molecule has 5 unspecified atom stereocenters. The number of hydrogen-bond donors (Lipinski definition) is 1. The van der Waals surface area contributed by atoms with Crippen molar-refractivity contribution in [3.05, 3.63) is 0 Å². The molecule has 0 spiro atoms. The number of nitrogens with zero attached hydrogens (tertiary/aromatic N) is 1. The Labute approximate surface area is 187 Å². The molecule has 7 nitrogen and oxygen atoms in total. The maximum Gasteiger partial charge on any atom is 0.408 e. The van der Waals surface area contributed by atoms with Crippen LogP contribution in [0.3, 0.4) is 0 Å². The Morgan fingerprint density at radius 3 is 2.35 bits per heavy atom. The van der Waals surface area contributed by atoms with Crippen molar-refractivity contribution in [2.45, 2.75) is 104 Å². The molecule has 2 rings (SSSR count). The van der Waals surface area contributed by atoms with E-state index in [0.717, 1.165) is 32.1 Å². The van der Waals surface area contributed by atoms with E-state index in [1.54, 1.807) is 4.90 Å². The van der Waals surface area contributed by atoms with Crippen LogP contribution in [0.1, 0.15) is 86.0 Å². The molecule has 2 amide bonds. The van der Waals surface area contributed by atoms with Crippen LogP contribution in [-0.2, 0) is 19.1 Å². The predicted molar refractivity (Wildman–Crippen MR) is 119 cm³/mol. The number of carbonyl (C=O) groups excluding carboxylic acids is 3. The summed E-state index contributed by atoms with van der Waals surface area (Å²) in [6, 6.07) is -1.37. The highest BCUT2D eigenvalue weighted by Gasteiger charge is 2.46. The average molecular weight is 439 g/mol. The number of amides is 2. The van der Waals surface area contributed by atoms with Gasteiger partial charge in [0.05, 0.1) is 7.11 Å². The van der Waals surface area contributed by atoms with E-state index in [1.807, 2.05) is 20.8 Å². The number of unbranched alkanes of at least 4 members (excludes halogenated alkanes) is 2. The molecule has 1 saturated carbocycles. The summed E-state index contributed by atoms with van der Waals surface area (Å²) in [5.41, 5.74) is -0.524. The molecule has 5 atom stereocenters. The fourth-order valence-electron chi connectivity index (χ4n) is 4.57. The SMILES string of the molecule is CCCCCC1CC1OC(=O)NC(C(=O)N1CC(CCC)CC1C(=O)OC)C(C)(C)C. The number of ether oxygens (including phenoxy) is 2. The van der Waals surface area contributed by atoms with Crippen molar-refractivity contribution in [3.8, 4) is 0 Å². The van der Waals surface area contributed by atoms with Crippen molar-refractivity contribution in [1.29, 1.82) is 0 Å². The van der Waals surface area contributed by atoms with Gasteiger partial charge in [0, 0.05) is 6.54 Å². The van der Waals surface area contributed by atoms with E-state index in [4.69, 9.17) is 9.47 Å². The molecule has 2 fully saturated rings. The van der Waals surface area contributed by atoms with Gasteiger partial charge < -0.3 is 19.7 Å². The number of carbonyl (C=O) groups is 3. The second kappa shape index (κ2) is 11.2. The molecule has 1 saturated heterocycles. The van der Waals surface area contributed by atoms with Gasteiger partial charge in [0.15, 0.2) is 0 Å². The molecule has 2 aliphatic rings. The van der Waals surface area contributed by atoms with Crippen LogP contribution in [0.2, 0.25) is 0 Å². The Kier molecular flexibility index (Phi) is 9.19. The number of alkyl carbamates (subject to hydrolysis) is 1. The summed E-state index contributed by atoms with van der Waals surface area (Å²) in [5.74, 6) is 0.0722. The fourth-order valence-corrected chi connectivity index (χ4v) is 4.57. The molecule has 0 radical (unpaired) electrons. The van der Waals surface area contributed by atoms with Gasteiger partial charge in [0.25, 0.3) is 0 Å². The molecule has 0 aromatic rings. The molecular weight excluding hydrogens is 396 g/mol. The molecule has 1 heterocycles. The number of esters is 1. The first-order chi connectivity index (χ1) is 14.6. The second-order valence-corrected chi connectivity index (χ2v) is 10.3. The summed E-state index contributed by atoms with van der Waals surface area (Å²) in [7, 11) is 1.35. The summed E-state index contributed by atoms with van der Waals surface area (Å²) in [4.78, 5) is 40.0. The van der Waals surface area contributed by atoms with E-state index in [-0.39, 0.29) is 17.9 Å². The van der Waals surface area contributed by atoms with Gasteiger partial charge >= 0.3 is 12.1 Å². The minimum absolute atomic E-state index is 0.0453. The number of likely N-dealkylation sites (tertiary alicyclic amines) is 1. The Morgan fingerprint density at radius 2 is 1.77 bits per heavy atom. The smallest absolute Gasteiger partial charge is 0.408 e. The van der Waals surface area contributed by atoms with Crippen LogP contribution < -0.4 is 5.32 Å². The normalized spacial score (nSPS) is 26.3. The van der Waals surface area contributed by atoms with Crippen LogP contribution in [0.15, 0.2) is 0 Å². The van der Waals surface area contributed by atoms with Crippen molar-refractivity contribution in [3.63, 3.8) is 0 Å². The van der Waals surface area contributed by atoms with Crippen LogP contribution in [-0.4, -0.2) is 54.7 Å². The zero-order valence-electron chi connectivity index (χ0n) is 20.2. The monoisotopic (exact) mass is 438 g/mol. The Bertz CT molecular complexity index is 630. The molecule has 1 N–H and O–H groups in total. The molecule has 7 heteroatoms. The van der Waals surface area contributed by atoms with E-state index in [0.29, 0.717) is 18.9 Å². The zero-order valence-corrected chi connectivity index (χ0v) is 20.2. The number of methoxy groups -OCH3 is 1. The molecule has 178 valence electrons. The van der Waals surface area contributed by atoms with Gasteiger partial charge in [-0.3, -0.25) is 4.79 Å². The molecule has 0 bridgehead atoms. The summed E-state index contributed by atoms with van der Waals surface area (Å²) in [6.45, 7) is 10.5. The molecule has 1 aliphatic carbocycles. The minimum atomic E-state index is -0.773. The third-order valence-electron chi connectivity index (χ3n) is 6.51. The topological polar surface area (TPSA) is 84.9 Å². The van der Waals surface area contributed by atoms with E-state index < -0.39 is 29.6 Å². The van der Waals surface area contributed by atoms with Crippen molar-refractivity contribution in [2.24, 2.45) is 17.3 Å². The Balaban J connectivity index is 2.01. The lowest BCUT2D eigenvalue weighted by Gasteiger charge is -2.34. The summed E-state index contributed by atoms with van der Waals surface area (Å²) in [5, 5.41) is 2.81. The minimum Gasteiger partial charge on any atom is -0.467 e. The Hall–Kier alpha value is -1.79. The molecule has 1 aliphatic heterocycles. The quantitative estimate of drug-likeness (QED) is 0.406. The Morgan fingerprint density at radius 1 is 1.06 bits per heavy atom. The largest absolute Gasteiger partial charge is 0.467 e. The first-order valence-corrected chi connectivity index (χ1v) is 12.0. The van der Waals surface area contributed by atoms with Crippen LogP contribution in [0.25, 0.3) is 0 Å². The third kappa shape index (κ3) is 7.11. The predicted octanol–water partition coefficient (Wildman–Crippen LogP) is 4.29. The third-order valence-corrected chi connectivity index (χ3v) is 6.51. The average Bonchev–Trinajstić information content (AvgIpc) is 3.29. The van der Waals surface area contributed by atoms with Gasteiger partial charge in [0.1, 0.15) is 18.2 Å². The zero-order chi connectivity index (χ0) is 23.2. The van der Waals surface area contributed by atoms with Crippen LogP contribution in [0, 0.1) is 17.3 Å². The number of nitrogens with one attached hydrogen (secondary N) is 1. The summed E-state index contributed by atoms with van der Waals surface area (Å²) in [6.07, 6.45) is 7.49. The van der Waals surface area contributed by atoms with E-state index in [1.165, 1.54) is 20.0 Å². The first-order valence-electron chi connectivity index (χ1n) is 12.0. The molecule has 0 aromatic heterocycles. The van der Waals surface area contributed by atoms with Crippen molar-refractivity contribution >= 4 is 18.0 Å². The van der Waals surface area contributed by atoms with Gasteiger partial charge in [-0.1, -0.05) is 60.3 Å². The highest BCUT2D eigenvalue weighted by atomic mass is 16.6. The van der Waals surface area contributed by atoms with Gasteiger partial charge in [-0.15, -0.1) is 0 Å². The summed E-state index contributed by atoms with van der Waals surface area (Å²) >= 11 is 0. The maximum atomic E-state index is 13.5. The van der Waals surface area contributed by atoms with E-state index in [9.17, 15) is 14.4 Å². The molecule has 0 aromatic carbocycles. The fraction of sp³-hybridized carbons (Fsp3) is 0.875. The van der Waals surface area contributed by atoms with Crippen molar-refractivity contribution in [1.82, 2.24) is 10.2 Å². The van der Waals surface area contributed by atoms with Crippen LogP contribution in [0.4, 0.5) is 4.79 Å². The molecular formula is C24H42N2O5. The first kappa shape index (κ1) is 25.5. The number of rotatable bonds is 10. The molecule has 31 heavy (non-hydrogen) atoms. The second-order valence-electron chi connectivity index (χ2n) is 10.3. The van der Waals surface area contributed by atoms with Gasteiger partial charge in [-0.25, -0.2) is 9.59 Å². The highest BCUT2D eigenvalue weighted by molar-refractivity contribution is 5.90. The highest BCUT2D eigenvalue weighted by Crippen LogP contribution is 2.38. The lowest BCUT2D eigenvalue weighted by atomic mass is 9.85. The lowest BCUT2D eigenvalue weighted by molar-refractivity contribution is -0.152. The van der Waals surface area contributed by atoms with Gasteiger partial charge in [-0.2, -0.15) is 0 Å². The van der Waals surface area contributed by atoms with E-state index >= 15 is 0 Å². The van der Waals surface area contributed by atoms with Gasteiger partial charge in [0.2, 0.25) is 5.91 Å².